The van der Waals surface area contributed by atoms with Crippen LogP contribution < -0.4 is 5.73 Å². The molecule has 5 nitrogen and oxygen atoms in total. The van der Waals surface area contributed by atoms with E-state index >= 15 is 0 Å². The van der Waals surface area contributed by atoms with Crippen molar-refractivity contribution in [2.75, 3.05) is 51.3 Å². The molecule has 1 fully saturated rings. The Kier molecular flexibility index (Phi) is 5.85. The van der Waals surface area contributed by atoms with Gasteiger partial charge in [-0.05, 0) is 6.42 Å². The van der Waals surface area contributed by atoms with Crippen LogP contribution in [0.15, 0.2) is 0 Å². The van der Waals surface area contributed by atoms with Crippen molar-refractivity contribution in [2.45, 2.75) is 19.4 Å². The van der Waals surface area contributed by atoms with E-state index in [9.17, 15) is 8.42 Å². The van der Waals surface area contributed by atoms with E-state index in [-0.39, 0.29) is 5.75 Å². The highest BCUT2D eigenvalue weighted by Gasteiger charge is 2.22. The molecule has 1 atom stereocenters. The van der Waals surface area contributed by atoms with Gasteiger partial charge in [0.15, 0.2) is 0 Å². The normalized spacial score (nSPS) is 21.6. The summed E-state index contributed by atoms with van der Waals surface area (Å²) in [7, 11) is -2.84. The molecule has 0 aromatic rings. The van der Waals surface area contributed by atoms with Crippen LogP contribution in [-0.4, -0.2) is 75.5 Å². The number of hydrogen-bond donors (Lipinski definition) is 1. The van der Waals surface area contributed by atoms with Gasteiger partial charge in [-0.25, -0.2) is 8.42 Å². The molecule has 0 spiro atoms. The van der Waals surface area contributed by atoms with Crippen LogP contribution in [-0.2, 0) is 9.84 Å². The van der Waals surface area contributed by atoms with E-state index in [1.165, 1.54) is 6.26 Å². The fourth-order valence-corrected chi connectivity index (χ4v) is 2.81. The van der Waals surface area contributed by atoms with Crippen molar-refractivity contribution in [3.63, 3.8) is 0 Å². The number of rotatable bonds is 6. The van der Waals surface area contributed by atoms with Gasteiger partial charge in [-0.15, -0.1) is 0 Å². The molecule has 6 heteroatoms. The fourth-order valence-electron chi connectivity index (χ4n) is 2.22. The summed E-state index contributed by atoms with van der Waals surface area (Å²) >= 11 is 0. The molecule has 0 radical (unpaired) electrons. The molecule has 0 aliphatic carbocycles. The second-order valence-electron chi connectivity index (χ2n) is 4.81. The smallest absolute Gasteiger partial charge is 0.148 e. The highest BCUT2D eigenvalue weighted by molar-refractivity contribution is 7.90. The number of sulfone groups is 1. The van der Waals surface area contributed by atoms with Crippen molar-refractivity contribution in [1.82, 2.24) is 9.80 Å². The van der Waals surface area contributed by atoms with Crippen LogP contribution in [0.1, 0.15) is 13.3 Å². The lowest BCUT2D eigenvalue weighted by molar-refractivity contribution is 0.101. The standard InChI is InChI=1S/C11H25N3O2S/c1-3-11(10-12)14-6-4-13(5-7-14)8-9-17(2,15)16/h11H,3-10,12H2,1-2H3. The Hall–Kier alpha value is -0.170. The summed E-state index contributed by atoms with van der Waals surface area (Å²) in [6.45, 7) is 7.43. The van der Waals surface area contributed by atoms with E-state index in [0.29, 0.717) is 19.1 Å². The highest BCUT2D eigenvalue weighted by atomic mass is 32.2. The average molecular weight is 263 g/mol. The van der Waals surface area contributed by atoms with Crippen molar-refractivity contribution in [2.24, 2.45) is 5.73 Å². The lowest BCUT2D eigenvalue weighted by Crippen LogP contribution is -2.52. The largest absolute Gasteiger partial charge is 0.329 e. The second-order valence-corrected chi connectivity index (χ2v) is 7.07. The fraction of sp³-hybridized carbons (Fsp3) is 1.00. The van der Waals surface area contributed by atoms with E-state index in [1.807, 2.05) is 0 Å². The van der Waals surface area contributed by atoms with Crippen LogP contribution in [0, 0.1) is 0 Å². The summed E-state index contributed by atoms with van der Waals surface area (Å²) in [5.74, 6) is 0.265. The van der Waals surface area contributed by atoms with Gasteiger partial charge in [0.2, 0.25) is 0 Å². The number of hydrogen-bond acceptors (Lipinski definition) is 5. The first kappa shape index (κ1) is 14.9. The van der Waals surface area contributed by atoms with Crippen molar-refractivity contribution in [1.29, 1.82) is 0 Å². The van der Waals surface area contributed by atoms with E-state index in [2.05, 4.69) is 16.7 Å². The maximum Gasteiger partial charge on any atom is 0.148 e. The topological polar surface area (TPSA) is 66.6 Å². The monoisotopic (exact) mass is 263 g/mol. The van der Waals surface area contributed by atoms with Crippen molar-refractivity contribution in [3.8, 4) is 0 Å². The third kappa shape index (κ3) is 5.33. The maximum absolute atomic E-state index is 11.1. The van der Waals surface area contributed by atoms with Crippen LogP contribution in [0.3, 0.4) is 0 Å². The lowest BCUT2D eigenvalue weighted by Gasteiger charge is -2.38. The van der Waals surface area contributed by atoms with Gasteiger partial charge in [-0.2, -0.15) is 0 Å². The summed E-state index contributed by atoms with van der Waals surface area (Å²) in [5.41, 5.74) is 5.73. The molecule has 1 unspecified atom stereocenters. The SMILES string of the molecule is CCC(CN)N1CCN(CCS(C)(=O)=O)CC1. The molecule has 0 aromatic heterocycles. The Morgan fingerprint density at radius 3 is 2.24 bits per heavy atom. The minimum Gasteiger partial charge on any atom is -0.329 e. The van der Waals surface area contributed by atoms with Crippen molar-refractivity contribution in [3.05, 3.63) is 0 Å². The van der Waals surface area contributed by atoms with Crippen LogP contribution in [0.5, 0.6) is 0 Å². The first-order valence-corrected chi connectivity index (χ1v) is 8.36. The van der Waals surface area contributed by atoms with Crippen molar-refractivity contribution < 1.29 is 8.42 Å². The number of nitrogens with zero attached hydrogens (tertiary/aromatic N) is 2. The van der Waals surface area contributed by atoms with Gasteiger partial charge in [0.1, 0.15) is 9.84 Å². The maximum atomic E-state index is 11.1. The zero-order valence-corrected chi connectivity index (χ0v) is 11.7. The van der Waals surface area contributed by atoms with Crippen LogP contribution in [0.4, 0.5) is 0 Å². The Labute approximate surface area is 105 Å². The van der Waals surface area contributed by atoms with E-state index in [1.54, 1.807) is 0 Å². The van der Waals surface area contributed by atoms with Gasteiger partial charge in [0.25, 0.3) is 0 Å². The Bertz CT molecular complexity index is 307. The van der Waals surface area contributed by atoms with Gasteiger partial charge in [-0.1, -0.05) is 6.92 Å². The number of nitrogens with two attached hydrogens (primary N) is 1. The minimum absolute atomic E-state index is 0.265. The van der Waals surface area contributed by atoms with E-state index in [4.69, 9.17) is 5.73 Å². The van der Waals surface area contributed by atoms with E-state index < -0.39 is 9.84 Å². The number of piperazine rings is 1. The predicted molar refractivity (Wildman–Crippen MR) is 70.9 cm³/mol. The van der Waals surface area contributed by atoms with Gasteiger partial charge >= 0.3 is 0 Å². The molecular formula is C11H25N3O2S. The molecule has 1 rings (SSSR count). The third-order valence-electron chi connectivity index (χ3n) is 3.44. The summed E-state index contributed by atoms with van der Waals surface area (Å²) in [5, 5.41) is 0. The molecule has 17 heavy (non-hydrogen) atoms. The Morgan fingerprint density at radius 1 is 1.24 bits per heavy atom. The molecule has 1 saturated heterocycles. The molecule has 1 heterocycles. The van der Waals surface area contributed by atoms with Gasteiger partial charge < -0.3 is 5.73 Å². The Balaban J connectivity index is 2.30. The minimum atomic E-state index is -2.84. The molecule has 0 aromatic carbocycles. The molecular weight excluding hydrogens is 238 g/mol. The summed E-state index contributed by atoms with van der Waals surface area (Å²) in [6, 6.07) is 0.479. The zero-order valence-electron chi connectivity index (χ0n) is 10.9. The second kappa shape index (κ2) is 6.68. The summed E-state index contributed by atoms with van der Waals surface area (Å²) < 4.78 is 22.2. The average Bonchev–Trinajstić information content (AvgIpc) is 2.29. The molecule has 0 bridgehead atoms. The Morgan fingerprint density at radius 2 is 1.82 bits per heavy atom. The third-order valence-corrected chi connectivity index (χ3v) is 4.37. The molecule has 2 N–H and O–H groups in total. The van der Waals surface area contributed by atoms with Crippen LogP contribution in [0.25, 0.3) is 0 Å². The van der Waals surface area contributed by atoms with Crippen molar-refractivity contribution >= 4 is 9.84 Å². The van der Waals surface area contributed by atoms with Gasteiger partial charge in [0, 0.05) is 51.6 Å². The molecule has 1 aliphatic heterocycles. The van der Waals surface area contributed by atoms with Crippen LogP contribution in [0.2, 0.25) is 0 Å². The lowest BCUT2D eigenvalue weighted by atomic mass is 10.1. The van der Waals surface area contributed by atoms with Gasteiger partial charge in [-0.3, -0.25) is 9.80 Å². The zero-order chi connectivity index (χ0) is 12.9. The highest BCUT2D eigenvalue weighted by Crippen LogP contribution is 2.08. The quantitative estimate of drug-likeness (QED) is 0.692. The molecule has 0 amide bonds. The summed E-state index contributed by atoms with van der Waals surface area (Å²) in [4.78, 5) is 4.64. The van der Waals surface area contributed by atoms with Gasteiger partial charge in [0.05, 0.1) is 5.75 Å². The van der Waals surface area contributed by atoms with E-state index in [0.717, 1.165) is 32.6 Å². The van der Waals surface area contributed by atoms with Crippen LogP contribution >= 0.6 is 0 Å². The predicted octanol–water partition coefficient (Wildman–Crippen LogP) is -0.614. The first-order valence-electron chi connectivity index (χ1n) is 6.30. The molecule has 1 aliphatic rings. The molecule has 0 saturated carbocycles. The summed E-state index contributed by atoms with van der Waals surface area (Å²) in [6.07, 6.45) is 2.38. The molecule has 102 valence electrons. The first-order chi connectivity index (χ1) is 7.96.